The Bertz CT molecular complexity index is 1840. The van der Waals surface area contributed by atoms with Gasteiger partial charge < -0.3 is 19.9 Å². The van der Waals surface area contributed by atoms with Gasteiger partial charge in [0.25, 0.3) is 0 Å². The number of carbonyl (C=O) groups is 2. The van der Waals surface area contributed by atoms with Gasteiger partial charge in [-0.05, 0) is 49.2 Å². The fraction of sp³-hybridized carbons (Fsp3) is 0.188. The van der Waals surface area contributed by atoms with Crippen molar-refractivity contribution in [1.29, 1.82) is 0 Å². The normalized spacial score (nSPS) is 15.8. The van der Waals surface area contributed by atoms with Crippen LogP contribution >= 0.6 is 11.3 Å². The van der Waals surface area contributed by atoms with Crippen LogP contribution in [0.5, 0.6) is 11.5 Å². The second-order valence-corrected chi connectivity index (χ2v) is 11.4. The monoisotopic (exact) mass is 596 g/mol. The Labute approximate surface area is 249 Å². The molecule has 9 nitrogen and oxygen atoms in total. The molecule has 216 valence electrons. The van der Waals surface area contributed by atoms with Crippen molar-refractivity contribution in [2.45, 2.75) is 19.1 Å². The van der Waals surface area contributed by atoms with Crippen molar-refractivity contribution >= 4 is 44.7 Å². The highest BCUT2D eigenvalue weighted by Gasteiger charge is 2.57. The summed E-state index contributed by atoms with van der Waals surface area (Å²) in [6, 6.07) is 20.4. The van der Waals surface area contributed by atoms with Crippen LogP contribution in [0.4, 0.5) is 15.8 Å². The van der Waals surface area contributed by atoms with Crippen molar-refractivity contribution in [2.24, 2.45) is 11.1 Å². The Kier molecular flexibility index (Phi) is 6.85. The van der Waals surface area contributed by atoms with E-state index in [0.29, 0.717) is 43.0 Å². The lowest BCUT2D eigenvalue weighted by atomic mass is 10.0. The van der Waals surface area contributed by atoms with Crippen molar-refractivity contribution in [3.05, 3.63) is 96.6 Å². The minimum absolute atomic E-state index is 0.0262. The maximum absolute atomic E-state index is 15.6. The number of carbonyl (C=O) groups excluding carboxylic acids is 2. The van der Waals surface area contributed by atoms with E-state index in [1.54, 1.807) is 48.8 Å². The van der Waals surface area contributed by atoms with Crippen molar-refractivity contribution in [1.82, 2.24) is 9.97 Å². The van der Waals surface area contributed by atoms with Gasteiger partial charge in [0.2, 0.25) is 11.8 Å². The van der Waals surface area contributed by atoms with E-state index in [1.165, 1.54) is 28.4 Å². The highest BCUT2D eigenvalue weighted by atomic mass is 32.1. The number of para-hydroxylation sites is 1. The molecule has 43 heavy (non-hydrogen) atoms. The summed E-state index contributed by atoms with van der Waals surface area (Å²) in [4.78, 5) is 36.9. The number of halogens is 1. The SMILES string of the molecule is NC(=O)C1(C(=O)N(c2ccccc2)c2ccc(Oc3ccnc4cc(-c5ccc(C6OCCO6)cn5)sc34)c(F)c2)CC1. The van der Waals surface area contributed by atoms with Gasteiger partial charge >= 0.3 is 0 Å². The number of nitrogens with zero attached hydrogens (tertiary/aromatic N) is 3. The molecule has 1 saturated heterocycles. The highest BCUT2D eigenvalue weighted by Crippen LogP contribution is 2.49. The van der Waals surface area contributed by atoms with Crippen molar-refractivity contribution in [3.63, 3.8) is 0 Å². The largest absolute Gasteiger partial charge is 0.453 e. The van der Waals surface area contributed by atoms with Crippen LogP contribution in [0.2, 0.25) is 0 Å². The summed E-state index contributed by atoms with van der Waals surface area (Å²) in [5, 5.41) is 0. The number of ether oxygens (including phenoxy) is 3. The maximum Gasteiger partial charge on any atom is 0.247 e. The van der Waals surface area contributed by atoms with E-state index >= 15 is 4.39 Å². The topological polar surface area (TPSA) is 117 Å². The summed E-state index contributed by atoms with van der Waals surface area (Å²) in [5.74, 6) is -1.43. The molecule has 1 saturated carbocycles. The lowest BCUT2D eigenvalue weighted by Gasteiger charge is -2.26. The molecule has 0 radical (unpaired) electrons. The van der Waals surface area contributed by atoms with E-state index in [2.05, 4.69) is 9.97 Å². The van der Waals surface area contributed by atoms with Crippen LogP contribution in [-0.2, 0) is 19.1 Å². The Balaban J connectivity index is 1.17. The highest BCUT2D eigenvalue weighted by molar-refractivity contribution is 7.22. The number of hydrogen-bond donors (Lipinski definition) is 1. The number of anilines is 2. The van der Waals surface area contributed by atoms with Crippen LogP contribution < -0.4 is 15.4 Å². The van der Waals surface area contributed by atoms with E-state index < -0.39 is 29.3 Å². The molecule has 4 heterocycles. The van der Waals surface area contributed by atoms with E-state index in [1.807, 2.05) is 24.3 Å². The van der Waals surface area contributed by atoms with Crippen LogP contribution in [0, 0.1) is 11.2 Å². The number of aromatic nitrogens is 2. The molecule has 2 fully saturated rings. The van der Waals surface area contributed by atoms with Crippen LogP contribution in [0.1, 0.15) is 24.7 Å². The van der Waals surface area contributed by atoms with Gasteiger partial charge in [-0.1, -0.05) is 24.3 Å². The molecule has 0 bridgehead atoms. The van der Waals surface area contributed by atoms with Crippen LogP contribution in [0.15, 0.2) is 85.2 Å². The third-order valence-electron chi connectivity index (χ3n) is 7.55. The first-order valence-corrected chi connectivity index (χ1v) is 14.5. The van der Waals surface area contributed by atoms with Crippen molar-refractivity contribution in [3.8, 4) is 22.1 Å². The van der Waals surface area contributed by atoms with Crippen molar-refractivity contribution in [2.75, 3.05) is 18.1 Å². The third kappa shape index (κ3) is 5.01. The molecule has 2 N–H and O–H groups in total. The number of nitrogens with two attached hydrogens (primary N) is 1. The second-order valence-electron chi connectivity index (χ2n) is 10.3. The van der Waals surface area contributed by atoms with Crippen LogP contribution in [0.3, 0.4) is 0 Å². The Morgan fingerprint density at radius 2 is 1.74 bits per heavy atom. The van der Waals surface area contributed by atoms with Crippen LogP contribution in [0.25, 0.3) is 20.8 Å². The van der Waals surface area contributed by atoms with Gasteiger partial charge in [0, 0.05) is 35.8 Å². The Hall–Kier alpha value is -4.71. The molecule has 0 spiro atoms. The predicted octanol–water partition coefficient (Wildman–Crippen LogP) is 6.27. The Morgan fingerprint density at radius 1 is 0.953 bits per heavy atom. The fourth-order valence-electron chi connectivity index (χ4n) is 5.06. The summed E-state index contributed by atoms with van der Waals surface area (Å²) in [5.41, 5.74) is 7.34. The van der Waals surface area contributed by atoms with E-state index in [4.69, 9.17) is 19.9 Å². The molecule has 2 aromatic carbocycles. The van der Waals surface area contributed by atoms with Gasteiger partial charge in [-0.3, -0.25) is 24.5 Å². The standard InChI is InChI=1S/C32H25FN4O5S/c33-22-16-21(37(20-4-2-1-3-5-20)31(39)32(11-12-32)30(34)38)7-9-25(22)42-26-10-13-35-24-17-27(43-28(24)26)23-8-6-19(18-36-23)29-40-14-15-41-29/h1-10,13,16-18,29H,11-12,14-15H2,(H2,34,38). The van der Waals surface area contributed by atoms with Gasteiger partial charge in [0.1, 0.15) is 11.2 Å². The summed E-state index contributed by atoms with van der Waals surface area (Å²) in [7, 11) is 0. The van der Waals surface area contributed by atoms with E-state index in [0.717, 1.165) is 20.8 Å². The summed E-state index contributed by atoms with van der Waals surface area (Å²) in [6.45, 7) is 1.11. The van der Waals surface area contributed by atoms with Gasteiger partial charge in [0.05, 0.1) is 39.7 Å². The van der Waals surface area contributed by atoms with Gasteiger partial charge in [-0.2, -0.15) is 0 Å². The number of hydrogen-bond acceptors (Lipinski definition) is 8. The molecule has 0 unspecified atom stereocenters. The first kappa shape index (κ1) is 27.1. The molecule has 0 atom stereocenters. The summed E-state index contributed by atoms with van der Waals surface area (Å²) in [6.07, 6.45) is 3.65. The first-order valence-electron chi connectivity index (χ1n) is 13.7. The zero-order valence-electron chi connectivity index (χ0n) is 22.7. The molecule has 7 rings (SSSR count). The molecule has 1 aliphatic heterocycles. The molecule has 5 aromatic rings. The zero-order valence-corrected chi connectivity index (χ0v) is 23.6. The maximum atomic E-state index is 15.6. The average Bonchev–Trinajstić information content (AvgIpc) is 3.44. The quantitative estimate of drug-likeness (QED) is 0.210. The molecule has 1 aliphatic carbocycles. The number of fused-ring (bicyclic) bond motifs is 1. The van der Waals surface area contributed by atoms with Crippen LogP contribution in [-0.4, -0.2) is 35.0 Å². The lowest BCUT2D eigenvalue weighted by molar-refractivity contribution is -0.133. The smallest absolute Gasteiger partial charge is 0.247 e. The first-order chi connectivity index (χ1) is 20.9. The molecule has 2 aliphatic rings. The fourth-order valence-corrected chi connectivity index (χ4v) is 6.10. The summed E-state index contributed by atoms with van der Waals surface area (Å²) < 4.78 is 33.4. The third-order valence-corrected chi connectivity index (χ3v) is 8.71. The number of thiophene rings is 1. The molecular weight excluding hydrogens is 571 g/mol. The minimum atomic E-state index is -1.28. The number of rotatable bonds is 8. The van der Waals surface area contributed by atoms with E-state index in [9.17, 15) is 9.59 Å². The van der Waals surface area contributed by atoms with Gasteiger partial charge in [0.15, 0.2) is 17.9 Å². The van der Waals surface area contributed by atoms with Gasteiger partial charge in [-0.15, -0.1) is 11.3 Å². The Morgan fingerprint density at radius 3 is 2.42 bits per heavy atom. The number of primary amides is 1. The number of benzene rings is 2. The van der Waals surface area contributed by atoms with Gasteiger partial charge in [-0.25, -0.2) is 4.39 Å². The number of pyridine rings is 2. The number of amides is 2. The molecular formula is C32H25FN4O5S. The molecule has 3 aromatic heterocycles. The summed E-state index contributed by atoms with van der Waals surface area (Å²) >= 11 is 1.43. The molecule has 2 amide bonds. The van der Waals surface area contributed by atoms with E-state index in [-0.39, 0.29) is 11.4 Å². The predicted molar refractivity (Wildman–Crippen MR) is 158 cm³/mol. The zero-order chi connectivity index (χ0) is 29.6. The average molecular weight is 597 g/mol. The molecule has 11 heteroatoms. The lowest BCUT2D eigenvalue weighted by Crippen LogP contribution is -2.41. The van der Waals surface area contributed by atoms with Crippen molar-refractivity contribution < 1.29 is 28.2 Å². The minimum Gasteiger partial charge on any atom is -0.453 e. The second kappa shape index (κ2) is 10.8.